The van der Waals surface area contributed by atoms with Crippen molar-refractivity contribution in [3.05, 3.63) is 16.9 Å². The van der Waals surface area contributed by atoms with Crippen LogP contribution in [-0.2, 0) is 11.3 Å². The molecular weight excluding hydrogens is 288 g/mol. The maximum absolute atomic E-state index is 13.2. The number of nitrogens with zero attached hydrogens (tertiary/aromatic N) is 2. The fourth-order valence-corrected chi connectivity index (χ4v) is 2.97. The van der Waals surface area contributed by atoms with Crippen molar-refractivity contribution in [2.75, 3.05) is 13.7 Å². The van der Waals surface area contributed by atoms with Gasteiger partial charge in [-0.15, -0.1) is 0 Å². The summed E-state index contributed by atoms with van der Waals surface area (Å²) in [6, 6.07) is -0.363. The van der Waals surface area contributed by atoms with Crippen molar-refractivity contribution in [1.82, 2.24) is 9.78 Å². The van der Waals surface area contributed by atoms with Gasteiger partial charge in [0.2, 0.25) is 5.92 Å². The topological polar surface area (TPSA) is 53.1 Å². The smallest absolute Gasteiger partial charge is 0.248 e. The highest BCUT2D eigenvalue weighted by Gasteiger charge is 2.38. The van der Waals surface area contributed by atoms with Crippen LogP contribution in [0.25, 0.3) is 0 Å². The van der Waals surface area contributed by atoms with Gasteiger partial charge in [-0.25, -0.2) is 8.78 Å². The van der Waals surface area contributed by atoms with E-state index < -0.39 is 5.92 Å². The average Bonchev–Trinajstić information content (AvgIpc) is 2.76. The molecule has 0 amide bonds. The molecule has 1 saturated carbocycles. The number of ether oxygens (including phenoxy) is 1. The Morgan fingerprint density at radius 3 is 2.80 bits per heavy atom. The quantitative estimate of drug-likeness (QED) is 0.910. The minimum atomic E-state index is -2.55. The molecule has 20 heavy (non-hydrogen) atoms. The molecule has 0 aromatic carbocycles. The van der Waals surface area contributed by atoms with E-state index >= 15 is 0 Å². The minimum Gasteiger partial charge on any atom is -0.383 e. The molecule has 2 rings (SSSR count). The van der Waals surface area contributed by atoms with Gasteiger partial charge in [0.15, 0.2) is 0 Å². The highest BCUT2D eigenvalue weighted by Crippen LogP contribution is 2.41. The van der Waals surface area contributed by atoms with Crippen LogP contribution in [0.3, 0.4) is 0 Å². The Hall–Kier alpha value is -0.720. The van der Waals surface area contributed by atoms with Gasteiger partial charge in [0.1, 0.15) is 0 Å². The average molecular weight is 308 g/mol. The van der Waals surface area contributed by atoms with Gasteiger partial charge in [-0.1, -0.05) is 11.6 Å². The van der Waals surface area contributed by atoms with Crippen molar-refractivity contribution in [1.29, 1.82) is 0 Å². The van der Waals surface area contributed by atoms with Crippen LogP contribution < -0.4 is 5.73 Å². The first kappa shape index (κ1) is 15.7. The van der Waals surface area contributed by atoms with Crippen molar-refractivity contribution < 1.29 is 13.5 Å². The van der Waals surface area contributed by atoms with E-state index in [1.165, 1.54) is 0 Å². The standard InChI is InChI=1S/C13H20ClF2N3O/c1-20-7-6-19-12(10(14)8-18-19)11(17)9-2-4-13(15,16)5-3-9/h8-9,11H,2-7,17H2,1H3. The van der Waals surface area contributed by atoms with E-state index in [1.807, 2.05) is 0 Å². The van der Waals surface area contributed by atoms with Crippen LogP contribution in [0.5, 0.6) is 0 Å². The largest absolute Gasteiger partial charge is 0.383 e. The Morgan fingerprint density at radius 2 is 2.20 bits per heavy atom. The van der Waals surface area contributed by atoms with E-state index in [-0.39, 0.29) is 24.8 Å². The van der Waals surface area contributed by atoms with Crippen molar-refractivity contribution in [3.63, 3.8) is 0 Å². The second-order valence-corrected chi connectivity index (χ2v) is 5.72. The third kappa shape index (κ3) is 3.48. The molecule has 1 atom stereocenters. The van der Waals surface area contributed by atoms with Crippen molar-refractivity contribution in [2.24, 2.45) is 11.7 Å². The molecule has 0 aliphatic heterocycles. The van der Waals surface area contributed by atoms with Crippen LogP contribution in [0.4, 0.5) is 8.78 Å². The second-order valence-electron chi connectivity index (χ2n) is 5.31. The molecule has 1 aromatic rings. The molecule has 0 saturated heterocycles. The summed E-state index contributed by atoms with van der Waals surface area (Å²) in [6.07, 6.45) is 2.17. The summed E-state index contributed by atoms with van der Waals surface area (Å²) < 4.78 is 33.1. The lowest BCUT2D eigenvalue weighted by Crippen LogP contribution is -2.32. The molecule has 0 spiro atoms. The van der Waals surface area contributed by atoms with Crippen LogP contribution in [0.1, 0.15) is 37.4 Å². The Labute approximate surface area is 122 Å². The monoisotopic (exact) mass is 307 g/mol. The van der Waals surface area contributed by atoms with Crippen molar-refractivity contribution in [3.8, 4) is 0 Å². The van der Waals surface area contributed by atoms with Gasteiger partial charge in [-0.3, -0.25) is 4.68 Å². The maximum Gasteiger partial charge on any atom is 0.248 e. The van der Waals surface area contributed by atoms with E-state index in [0.29, 0.717) is 31.0 Å². The summed E-state index contributed by atoms with van der Waals surface area (Å²) in [7, 11) is 1.61. The molecule has 4 nitrogen and oxygen atoms in total. The summed E-state index contributed by atoms with van der Waals surface area (Å²) in [5.41, 5.74) is 6.97. The van der Waals surface area contributed by atoms with Crippen LogP contribution in [0.2, 0.25) is 5.02 Å². The van der Waals surface area contributed by atoms with Crippen LogP contribution in [0.15, 0.2) is 6.20 Å². The zero-order valence-electron chi connectivity index (χ0n) is 11.5. The predicted molar refractivity (Wildman–Crippen MR) is 72.9 cm³/mol. The number of halogens is 3. The summed E-state index contributed by atoms with van der Waals surface area (Å²) in [6.45, 7) is 1.05. The molecule has 1 aromatic heterocycles. The third-order valence-electron chi connectivity index (χ3n) is 3.93. The number of rotatable bonds is 5. The molecule has 7 heteroatoms. The van der Waals surface area contributed by atoms with Crippen LogP contribution in [-0.4, -0.2) is 29.4 Å². The molecule has 1 heterocycles. The lowest BCUT2D eigenvalue weighted by Gasteiger charge is -2.32. The predicted octanol–water partition coefficient (Wildman–Crippen LogP) is 3.01. The Kier molecular flexibility index (Phi) is 4.99. The SMILES string of the molecule is COCCn1ncc(Cl)c1C(N)C1CCC(F)(F)CC1. The molecule has 1 aliphatic carbocycles. The highest BCUT2D eigenvalue weighted by molar-refractivity contribution is 6.31. The Balaban J connectivity index is 2.09. The molecular formula is C13H20ClF2N3O. The van der Waals surface area contributed by atoms with Gasteiger partial charge in [0, 0.05) is 20.0 Å². The maximum atomic E-state index is 13.2. The molecule has 1 aliphatic rings. The fourth-order valence-electron chi connectivity index (χ4n) is 2.70. The fraction of sp³-hybridized carbons (Fsp3) is 0.769. The van der Waals surface area contributed by atoms with Gasteiger partial charge in [-0.2, -0.15) is 5.10 Å². The Bertz CT molecular complexity index is 443. The van der Waals surface area contributed by atoms with E-state index in [4.69, 9.17) is 22.1 Å². The molecule has 1 unspecified atom stereocenters. The van der Waals surface area contributed by atoms with Gasteiger partial charge < -0.3 is 10.5 Å². The number of alkyl halides is 2. The number of methoxy groups -OCH3 is 1. The zero-order chi connectivity index (χ0) is 14.8. The number of hydrogen-bond donors (Lipinski definition) is 1. The lowest BCUT2D eigenvalue weighted by molar-refractivity contribution is -0.0486. The summed E-state index contributed by atoms with van der Waals surface area (Å²) in [5, 5.41) is 4.67. The van der Waals surface area contributed by atoms with Gasteiger partial charge in [0.25, 0.3) is 0 Å². The van der Waals surface area contributed by atoms with Gasteiger partial charge >= 0.3 is 0 Å². The second kappa shape index (κ2) is 6.37. The van der Waals surface area contributed by atoms with Crippen LogP contribution in [0, 0.1) is 5.92 Å². The van der Waals surface area contributed by atoms with Gasteiger partial charge in [-0.05, 0) is 18.8 Å². The first-order valence-corrected chi connectivity index (χ1v) is 7.16. The highest BCUT2D eigenvalue weighted by atomic mass is 35.5. The van der Waals surface area contributed by atoms with Crippen molar-refractivity contribution in [2.45, 2.75) is 44.2 Å². The van der Waals surface area contributed by atoms with Crippen molar-refractivity contribution >= 4 is 11.6 Å². The normalized spacial score (nSPS) is 21.1. The number of nitrogens with two attached hydrogens (primary N) is 1. The van der Waals surface area contributed by atoms with Gasteiger partial charge in [0.05, 0.1) is 36.1 Å². The van der Waals surface area contributed by atoms with E-state index in [1.54, 1.807) is 18.0 Å². The Morgan fingerprint density at radius 1 is 1.55 bits per heavy atom. The van der Waals surface area contributed by atoms with E-state index in [0.717, 1.165) is 5.69 Å². The third-order valence-corrected chi connectivity index (χ3v) is 4.22. The van der Waals surface area contributed by atoms with Crippen LogP contribution >= 0.6 is 11.6 Å². The molecule has 1 fully saturated rings. The molecule has 0 bridgehead atoms. The first-order chi connectivity index (χ1) is 9.44. The number of aromatic nitrogens is 2. The summed E-state index contributed by atoms with van der Waals surface area (Å²) in [5.74, 6) is -2.53. The van der Waals surface area contributed by atoms with E-state index in [9.17, 15) is 8.78 Å². The van der Waals surface area contributed by atoms with E-state index in [2.05, 4.69) is 5.10 Å². The zero-order valence-corrected chi connectivity index (χ0v) is 12.2. The minimum absolute atomic E-state index is 0.0186. The number of hydrogen-bond acceptors (Lipinski definition) is 3. The first-order valence-electron chi connectivity index (χ1n) is 6.78. The molecule has 2 N–H and O–H groups in total. The molecule has 0 radical (unpaired) electrons. The lowest BCUT2D eigenvalue weighted by atomic mass is 9.81. The summed E-state index contributed by atoms with van der Waals surface area (Å²) >= 11 is 6.14. The summed E-state index contributed by atoms with van der Waals surface area (Å²) in [4.78, 5) is 0. The molecule has 114 valence electrons.